The maximum Gasteiger partial charge on any atom is 0.184 e. The van der Waals surface area contributed by atoms with Crippen LogP contribution in [0.1, 0.15) is 25.7 Å². The second-order valence-corrected chi connectivity index (χ2v) is 6.30. The molecule has 3 rings (SSSR count). The maximum atomic E-state index is 5.53. The van der Waals surface area contributed by atoms with Crippen LogP contribution in [-0.2, 0) is 9.47 Å². The minimum Gasteiger partial charge on any atom is -0.346 e. The van der Waals surface area contributed by atoms with Crippen LogP contribution in [0.4, 0.5) is 5.69 Å². The van der Waals surface area contributed by atoms with Gasteiger partial charge >= 0.3 is 0 Å². The van der Waals surface area contributed by atoms with Gasteiger partial charge in [0, 0.05) is 17.0 Å². The molecule has 20 heavy (non-hydrogen) atoms. The monoisotopic (exact) mass is 292 g/mol. The van der Waals surface area contributed by atoms with Crippen LogP contribution in [0.2, 0.25) is 0 Å². The van der Waals surface area contributed by atoms with Gasteiger partial charge in [0.1, 0.15) is 0 Å². The van der Waals surface area contributed by atoms with Gasteiger partial charge in [-0.15, -0.1) is 0 Å². The molecule has 1 aromatic rings. The number of hydrogen-bond donors (Lipinski definition) is 1. The molecule has 0 aliphatic carbocycles. The van der Waals surface area contributed by atoms with Gasteiger partial charge in [-0.2, -0.15) is 0 Å². The van der Waals surface area contributed by atoms with E-state index < -0.39 is 0 Å². The SMILES string of the molecule is CC1CSC(Nc2cccc(C3OCCO3)c2)=NC1C. The summed E-state index contributed by atoms with van der Waals surface area (Å²) in [5, 5.41) is 4.40. The van der Waals surface area contributed by atoms with E-state index in [1.54, 1.807) is 11.8 Å². The van der Waals surface area contributed by atoms with E-state index in [1.165, 1.54) is 0 Å². The third kappa shape index (κ3) is 3.16. The molecule has 108 valence electrons. The standard InChI is InChI=1S/C15H20N2O2S/c1-10-9-20-15(16-11(10)2)17-13-5-3-4-12(8-13)14-18-6-7-19-14/h3-5,8,10-11,14H,6-7,9H2,1-2H3,(H,16,17). The second kappa shape index (κ2) is 6.16. The molecule has 2 aliphatic heterocycles. The van der Waals surface area contributed by atoms with E-state index in [-0.39, 0.29) is 6.29 Å². The van der Waals surface area contributed by atoms with E-state index in [1.807, 2.05) is 18.2 Å². The van der Waals surface area contributed by atoms with Crippen molar-refractivity contribution < 1.29 is 9.47 Å². The van der Waals surface area contributed by atoms with Crippen molar-refractivity contribution >= 4 is 22.6 Å². The van der Waals surface area contributed by atoms with Crippen molar-refractivity contribution in [2.45, 2.75) is 26.2 Å². The summed E-state index contributed by atoms with van der Waals surface area (Å²) in [5.41, 5.74) is 2.09. The average Bonchev–Trinajstić information content (AvgIpc) is 2.97. The first kappa shape index (κ1) is 13.9. The highest BCUT2D eigenvalue weighted by Crippen LogP contribution is 2.27. The Morgan fingerprint density at radius 2 is 2.05 bits per heavy atom. The molecule has 1 saturated heterocycles. The first-order valence-electron chi connectivity index (χ1n) is 7.03. The zero-order chi connectivity index (χ0) is 13.9. The van der Waals surface area contributed by atoms with Crippen molar-refractivity contribution in [1.82, 2.24) is 0 Å². The van der Waals surface area contributed by atoms with E-state index in [9.17, 15) is 0 Å². The minimum atomic E-state index is -0.225. The number of thioether (sulfide) groups is 1. The van der Waals surface area contributed by atoms with Crippen molar-refractivity contribution in [1.29, 1.82) is 0 Å². The predicted octanol–water partition coefficient (Wildman–Crippen LogP) is 3.27. The van der Waals surface area contributed by atoms with Gasteiger partial charge in [0.15, 0.2) is 11.5 Å². The zero-order valence-electron chi connectivity index (χ0n) is 11.8. The van der Waals surface area contributed by atoms with Gasteiger partial charge in [-0.1, -0.05) is 30.8 Å². The van der Waals surface area contributed by atoms with Crippen LogP contribution >= 0.6 is 11.8 Å². The first-order chi connectivity index (χ1) is 9.72. The summed E-state index contributed by atoms with van der Waals surface area (Å²) in [6.07, 6.45) is -0.225. The van der Waals surface area contributed by atoms with E-state index in [2.05, 4.69) is 25.2 Å². The zero-order valence-corrected chi connectivity index (χ0v) is 12.7. The van der Waals surface area contributed by atoms with Crippen LogP contribution in [0.5, 0.6) is 0 Å². The molecule has 2 aliphatic rings. The fraction of sp³-hybridized carbons (Fsp3) is 0.533. The van der Waals surface area contributed by atoms with Crippen molar-refractivity contribution in [3.8, 4) is 0 Å². The predicted molar refractivity (Wildman–Crippen MR) is 83.2 cm³/mol. The van der Waals surface area contributed by atoms with Crippen molar-refractivity contribution in [3.05, 3.63) is 29.8 Å². The molecule has 0 aromatic heterocycles. The molecule has 2 heterocycles. The van der Waals surface area contributed by atoms with Gasteiger partial charge < -0.3 is 14.8 Å². The van der Waals surface area contributed by atoms with E-state index in [0.29, 0.717) is 25.2 Å². The lowest BCUT2D eigenvalue weighted by atomic mass is 10.1. The Labute approximate surface area is 123 Å². The molecule has 4 nitrogen and oxygen atoms in total. The summed E-state index contributed by atoms with van der Waals surface area (Å²) < 4.78 is 11.1. The quantitative estimate of drug-likeness (QED) is 0.908. The lowest BCUT2D eigenvalue weighted by Crippen LogP contribution is -2.25. The van der Waals surface area contributed by atoms with Crippen LogP contribution in [0, 0.1) is 5.92 Å². The van der Waals surface area contributed by atoms with E-state index in [0.717, 1.165) is 22.2 Å². The molecular formula is C15H20N2O2S. The summed E-state index contributed by atoms with van der Waals surface area (Å²) in [7, 11) is 0. The highest BCUT2D eigenvalue weighted by molar-refractivity contribution is 8.14. The maximum absolute atomic E-state index is 5.53. The Morgan fingerprint density at radius 1 is 1.25 bits per heavy atom. The molecule has 0 saturated carbocycles. The van der Waals surface area contributed by atoms with Gasteiger partial charge in [-0.05, 0) is 25.0 Å². The molecule has 0 spiro atoms. The molecule has 1 fully saturated rings. The number of aliphatic imine (C=N–C) groups is 1. The number of nitrogens with zero attached hydrogens (tertiary/aromatic N) is 1. The van der Waals surface area contributed by atoms with Gasteiger partial charge in [0.05, 0.1) is 19.3 Å². The number of nitrogens with one attached hydrogen (secondary N) is 1. The molecule has 0 bridgehead atoms. The molecular weight excluding hydrogens is 272 g/mol. The number of rotatable bonds is 2. The number of benzene rings is 1. The third-order valence-corrected chi connectivity index (χ3v) is 4.83. The minimum absolute atomic E-state index is 0.225. The molecule has 0 amide bonds. The molecule has 1 aromatic carbocycles. The highest BCUT2D eigenvalue weighted by atomic mass is 32.2. The topological polar surface area (TPSA) is 42.8 Å². The normalized spacial score (nSPS) is 27.4. The molecule has 0 radical (unpaired) electrons. The fourth-order valence-electron chi connectivity index (χ4n) is 2.20. The van der Waals surface area contributed by atoms with Crippen LogP contribution in [0.15, 0.2) is 29.3 Å². The van der Waals surface area contributed by atoms with Crippen molar-refractivity contribution in [2.24, 2.45) is 10.9 Å². The summed E-state index contributed by atoms with van der Waals surface area (Å²) in [6, 6.07) is 8.54. The Hall–Kier alpha value is -1.04. The van der Waals surface area contributed by atoms with Crippen LogP contribution in [-0.4, -0.2) is 30.2 Å². The Balaban J connectivity index is 1.71. The van der Waals surface area contributed by atoms with Crippen molar-refractivity contribution in [3.63, 3.8) is 0 Å². The van der Waals surface area contributed by atoms with Gasteiger partial charge in [0.2, 0.25) is 0 Å². The molecule has 2 atom stereocenters. The summed E-state index contributed by atoms with van der Waals surface area (Å²) >= 11 is 1.78. The number of hydrogen-bond acceptors (Lipinski definition) is 5. The molecule has 2 unspecified atom stereocenters. The highest BCUT2D eigenvalue weighted by Gasteiger charge is 2.20. The van der Waals surface area contributed by atoms with Gasteiger partial charge in [-0.3, -0.25) is 4.99 Å². The fourth-order valence-corrected chi connectivity index (χ4v) is 3.33. The third-order valence-electron chi connectivity index (χ3n) is 3.66. The average molecular weight is 292 g/mol. The smallest absolute Gasteiger partial charge is 0.184 e. The largest absolute Gasteiger partial charge is 0.346 e. The summed E-state index contributed by atoms with van der Waals surface area (Å²) in [6.45, 7) is 5.75. The van der Waals surface area contributed by atoms with E-state index >= 15 is 0 Å². The number of anilines is 1. The molecule has 5 heteroatoms. The summed E-state index contributed by atoms with van der Waals surface area (Å²) in [5.74, 6) is 1.75. The lowest BCUT2D eigenvalue weighted by Gasteiger charge is -2.24. The van der Waals surface area contributed by atoms with Crippen molar-refractivity contribution in [2.75, 3.05) is 24.3 Å². The summed E-state index contributed by atoms with van der Waals surface area (Å²) in [4.78, 5) is 4.69. The lowest BCUT2D eigenvalue weighted by molar-refractivity contribution is -0.0440. The Kier molecular flexibility index (Phi) is 4.29. The van der Waals surface area contributed by atoms with E-state index in [4.69, 9.17) is 14.5 Å². The Bertz CT molecular complexity index is 500. The number of ether oxygens (including phenoxy) is 2. The van der Waals surface area contributed by atoms with Crippen LogP contribution < -0.4 is 5.32 Å². The van der Waals surface area contributed by atoms with Gasteiger partial charge in [0.25, 0.3) is 0 Å². The Morgan fingerprint density at radius 3 is 2.80 bits per heavy atom. The van der Waals surface area contributed by atoms with Gasteiger partial charge in [-0.25, -0.2) is 0 Å². The van der Waals surface area contributed by atoms with Crippen LogP contribution in [0.3, 0.4) is 0 Å². The molecule has 1 N–H and O–H groups in total. The second-order valence-electron chi connectivity index (χ2n) is 5.29. The first-order valence-corrected chi connectivity index (χ1v) is 8.02. The number of amidine groups is 1. The van der Waals surface area contributed by atoms with Crippen LogP contribution in [0.25, 0.3) is 0 Å².